The second-order valence-corrected chi connectivity index (χ2v) is 7.69. The maximum Gasteiger partial charge on any atom is 0.337 e. The molecule has 1 aromatic rings. The van der Waals surface area contributed by atoms with Gasteiger partial charge in [-0.05, 0) is 44.5 Å². The number of carbonyl (C=O) groups is 2. The molecule has 0 radical (unpaired) electrons. The lowest BCUT2D eigenvalue weighted by Gasteiger charge is -2.40. The Morgan fingerprint density at radius 1 is 1.35 bits per heavy atom. The fraction of sp³-hybridized carbons (Fsp3) is 0.467. The van der Waals surface area contributed by atoms with Crippen LogP contribution in [-0.2, 0) is 19.6 Å². The first-order valence-electron chi connectivity index (χ1n) is 7.12. The van der Waals surface area contributed by atoms with E-state index in [1.807, 2.05) is 0 Å². The fourth-order valence-corrected chi connectivity index (χ4v) is 4.56. The van der Waals surface area contributed by atoms with E-state index in [1.54, 1.807) is 20.8 Å². The zero-order valence-electron chi connectivity index (χ0n) is 13.5. The molecule has 0 bridgehead atoms. The molecule has 0 saturated carbocycles. The van der Waals surface area contributed by atoms with Crippen LogP contribution in [0.3, 0.4) is 0 Å². The molecule has 0 unspecified atom stereocenters. The summed E-state index contributed by atoms with van der Waals surface area (Å²) in [4.78, 5) is 23.6. The summed E-state index contributed by atoms with van der Waals surface area (Å²) in [6, 6.07) is 4.25. The summed E-state index contributed by atoms with van der Waals surface area (Å²) < 4.78 is 31.7. The third-order valence-corrected chi connectivity index (χ3v) is 6.18. The maximum atomic E-state index is 12.9. The van der Waals surface area contributed by atoms with Gasteiger partial charge in [-0.2, -0.15) is 4.31 Å². The molecule has 1 saturated heterocycles. The van der Waals surface area contributed by atoms with Crippen LogP contribution in [0.4, 0.5) is 0 Å². The second kappa shape index (κ2) is 5.93. The number of methoxy groups -OCH3 is 1. The molecule has 1 aliphatic heterocycles. The molecule has 8 heteroatoms. The van der Waals surface area contributed by atoms with Crippen molar-refractivity contribution in [1.29, 1.82) is 0 Å². The molecule has 1 amide bonds. The van der Waals surface area contributed by atoms with Crippen molar-refractivity contribution in [2.75, 3.05) is 20.2 Å². The van der Waals surface area contributed by atoms with Crippen molar-refractivity contribution in [3.63, 3.8) is 0 Å². The van der Waals surface area contributed by atoms with Crippen LogP contribution >= 0.6 is 0 Å². The van der Waals surface area contributed by atoms with Crippen molar-refractivity contribution >= 4 is 21.9 Å². The van der Waals surface area contributed by atoms with E-state index in [1.165, 1.54) is 29.6 Å². The predicted octanol–water partition coefficient (Wildman–Crippen LogP) is 0.681. The average Bonchev–Trinajstić information content (AvgIpc) is 2.48. The van der Waals surface area contributed by atoms with Crippen LogP contribution in [0.1, 0.15) is 29.8 Å². The van der Waals surface area contributed by atoms with Crippen molar-refractivity contribution in [2.24, 2.45) is 0 Å². The molecule has 23 heavy (non-hydrogen) atoms. The summed E-state index contributed by atoms with van der Waals surface area (Å²) in [5.41, 5.74) is -0.473. The van der Waals surface area contributed by atoms with Crippen LogP contribution in [-0.4, -0.2) is 50.3 Å². The van der Waals surface area contributed by atoms with E-state index in [9.17, 15) is 18.0 Å². The number of aryl methyl sites for hydroxylation is 1. The molecule has 0 aromatic heterocycles. The molecular formula is C15H20N2O5S. The van der Waals surface area contributed by atoms with Crippen LogP contribution in [0.5, 0.6) is 0 Å². The summed E-state index contributed by atoms with van der Waals surface area (Å²) in [5.74, 6) is -0.870. The lowest BCUT2D eigenvalue weighted by molar-refractivity contribution is -0.131. The molecule has 0 spiro atoms. The van der Waals surface area contributed by atoms with Crippen molar-refractivity contribution in [2.45, 2.75) is 31.2 Å². The van der Waals surface area contributed by atoms with Crippen LogP contribution in [0.2, 0.25) is 0 Å². The first-order valence-corrected chi connectivity index (χ1v) is 8.56. The van der Waals surface area contributed by atoms with Gasteiger partial charge in [0, 0.05) is 13.1 Å². The number of nitrogens with one attached hydrogen (secondary N) is 1. The number of piperazine rings is 1. The van der Waals surface area contributed by atoms with Crippen molar-refractivity contribution in [1.82, 2.24) is 9.62 Å². The zero-order chi connectivity index (χ0) is 17.4. The lowest BCUT2D eigenvalue weighted by atomic mass is 10.0. The number of ether oxygens (including phenoxy) is 1. The van der Waals surface area contributed by atoms with Gasteiger partial charge in [-0.25, -0.2) is 13.2 Å². The highest BCUT2D eigenvalue weighted by Crippen LogP contribution is 2.28. The van der Waals surface area contributed by atoms with Crippen LogP contribution in [0.25, 0.3) is 0 Å². The Balaban J connectivity index is 2.48. The number of benzene rings is 1. The van der Waals surface area contributed by atoms with E-state index in [2.05, 4.69) is 10.1 Å². The molecule has 1 aliphatic rings. The minimum atomic E-state index is -3.86. The standard InChI is InChI=1S/C15H20N2O5S/c1-10-9-11(13(18)22-4)5-6-12(10)23(20,21)17-8-7-16-14(19)15(17,2)3/h5-6,9H,7-8H2,1-4H3,(H,16,19). The summed E-state index contributed by atoms with van der Waals surface area (Å²) in [5, 5.41) is 2.67. The number of esters is 1. The van der Waals surface area contributed by atoms with Gasteiger partial charge in [-0.1, -0.05) is 0 Å². The third kappa shape index (κ3) is 2.96. The van der Waals surface area contributed by atoms with E-state index in [-0.39, 0.29) is 29.5 Å². The summed E-state index contributed by atoms with van der Waals surface area (Å²) in [6.07, 6.45) is 0. The van der Waals surface area contributed by atoms with Gasteiger partial charge in [-0.3, -0.25) is 4.79 Å². The quantitative estimate of drug-likeness (QED) is 0.817. The molecular weight excluding hydrogens is 320 g/mol. The molecule has 1 fully saturated rings. The largest absolute Gasteiger partial charge is 0.465 e. The number of nitrogens with zero attached hydrogens (tertiary/aromatic N) is 1. The molecule has 0 atom stereocenters. The topological polar surface area (TPSA) is 92.8 Å². The van der Waals surface area contributed by atoms with Gasteiger partial charge in [0.2, 0.25) is 15.9 Å². The number of sulfonamides is 1. The number of carbonyl (C=O) groups excluding carboxylic acids is 2. The fourth-order valence-electron chi connectivity index (χ4n) is 2.60. The SMILES string of the molecule is COC(=O)c1ccc(S(=O)(=O)N2CCNC(=O)C2(C)C)c(C)c1. The lowest BCUT2D eigenvalue weighted by Crippen LogP contribution is -2.63. The van der Waals surface area contributed by atoms with Gasteiger partial charge in [0.05, 0.1) is 17.6 Å². The summed E-state index contributed by atoms with van der Waals surface area (Å²) >= 11 is 0. The van der Waals surface area contributed by atoms with Crippen molar-refractivity contribution in [3.05, 3.63) is 29.3 Å². The Hall–Kier alpha value is -1.93. The Bertz CT molecular complexity index is 755. The highest BCUT2D eigenvalue weighted by atomic mass is 32.2. The number of hydrogen-bond acceptors (Lipinski definition) is 5. The highest BCUT2D eigenvalue weighted by Gasteiger charge is 2.45. The van der Waals surface area contributed by atoms with Gasteiger partial charge in [-0.15, -0.1) is 0 Å². The van der Waals surface area contributed by atoms with Gasteiger partial charge in [0.1, 0.15) is 5.54 Å². The van der Waals surface area contributed by atoms with E-state index in [0.29, 0.717) is 5.56 Å². The minimum Gasteiger partial charge on any atom is -0.465 e. The zero-order valence-corrected chi connectivity index (χ0v) is 14.4. The van der Waals surface area contributed by atoms with E-state index < -0.39 is 21.5 Å². The summed E-state index contributed by atoms with van der Waals surface area (Å²) in [7, 11) is -2.60. The molecule has 2 rings (SSSR count). The first-order chi connectivity index (χ1) is 10.6. The molecule has 7 nitrogen and oxygen atoms in total. The first kappa shape index (κ1) is 17.4. The van der Waals surface area contributed by atoms with Gasteiger partial charge in [0.15, 0.2) is 0 Å². The van der Waals surface area contributed by atoms with Crippen molar-refractivity contribution in [3.8, 4) is 0 Å². The van der Waals surface area contributed by atoms with E-state index in [4.69, 9.17) is 0 Å². The van der Waals surface area contributed by atoms with Gasteiger partial charge >= 0.3 is 5.97 Å². The Morgan fingerprint density at radius 3 is 2.57 bits per heavy atom. The van der Waals surface area contributed by atoms with E-state index in [0.717, 1.165) is 0 Å². The second-order valence-electron chi connectivity index (χ2n) is 5.86. The van der Waals surface area contributed by atoms with Crippen LogP contribution in [0.15, 0.2) is 23.1 Å². The number of amides is 1. The molecule has 1 heterocycles. The monoisotopic (exact) mass is 340 g/mol. The van der Waals surface area contributed by atoms with Crippen LogP contribution in [0, 0.1) is 6.92 Å². The molecule has 126 valence electrons. The number of rotatable bonds is 3. The Kier molecular flexibility index (Phi) is 4.50. The van der Waals surface area contributed by atoms with Gasteiger partial charge in [0.25, 0.3) is 0 Å². The molecule has 0 aliphatic carbocycles. The Morgan fingerprint density at radius 2 is 2.00 bits per heavy atom. The van der Waals surface area contributed by atoms with E-state index >= 15 is 0 Å². The van der Waals surface area contributed by atoms with Crippen molar-refractivity contribution < 1.29 is 22.7 Å². The minimum absolute atomic E-state index is 0.0768. The van der Waals surface area contributed by atoms with Crippen LogP contribution < -0.4 is 5.32 Å². The average molecular weight is 340 g/mol. The summed E-state index contributed by atoms with van der Waals surface area (Å²) in [6.45, 7) is 5.20. The highest BCUT2D eigenvalue weighted by molar-refractivity contribution is 7.89. The molecule has 1 aromatic carbocycles. The van der Waals surface area contributed by atoms with Gasteiger partial charge < -0.3 is 10.1 Å². The molecule has 1 N–H and O–H groups in total. The number of hydrogen-bond donors (Lipinski definition) is 1. The Labute approximate surface area is 135 Å². The maximum absolute atomic E-state index is 12.9. The predicted molar refractivity (Wildman–Crippen MR) is 83.5 cm³/mol. The smallest absolute Gasteiger partial charge is 0.337 e. The third-order valence-electron chi connectivity index (χ3n) is 3.94. The normalized spacial score (nSPS) is 18.3.